The summed E-state index contributed by atoms with van der Waals surface area (Å²) in [4.78, 5) is 23.0. The average molecular weight is 443 g/mol. The van der Waals surface area contributed by atoms with Crippen LogP contribution in [0.2, 0.25) is 0 Å². The molecule has 0 saturated carbocycles. The second-order valence-corrected chi connectivity index (χ2v) is 7.94. The van der Waals surface area contributed by atoms with E-state index in [1.165, 1.54) is 5.56 Å². The zero-order valence-corrected chi connectivity index (χ0v) is 19.4. The van der Waals surface area contributed by atoms with Crippen LogP contribution in [-0.2, 0) is 12.8 Å². The maximum atomic E-state index is 12.7. The van der Waals surface area contributed by atoms with Crippen LogP contribution in [0.4, 0.5) is 11.4 Å². The number of hydrogen-bond donors (Lipinski definition) is 2. The van der Waals surface area contributed by atoms with Crippen molar-refractivity contribution >= 4 is 28.3 Å². The maximum Gasteiger partial charge on any atom is 0.255 e. The fraction of sp³-hybridized carbons (Fsp3) is 0.259. The van der Waals surface area contributed by atoms with Gasteiger partial charge in [0, 0.05) is 36.4 Å². The van der Waals surface area contributed by atoms with E-state index in [1.807, 2.05) is 54.6 Å². The summed E-state index contributed by atoms with van der Waals surface area (Å²) >= 11 is 0. The van der Waals surface area contributed by atoms with Gasteiger partial charge in [0.05, 0.1) is 18.1 Å². The van der Waals surface area contributed by atoms with Gasteiger partial charge in [0.25, 0.3) is 5.91 Å². The van der Waals surface area contributed by atoms with Crippen LogP contribution in [0.15, 0.2) is 66.7 Å². The van der Waals surface area contributed by atoms with E-state index in [0.717, 1.165) is 59.9 Å². The lowest BCUT2D eigenvalue weighted by Crippen LogP contribution is -2.21. The molecule has 6 nitrogen and oxygen atoms in total. The van der Waals surface area contributed by atoms with Gasteiger partial charge < -0.3 is 19.9 Å². The number of hydrogen-bond acceptors (Lipinski definition) is 4. The molecule has 0 radical (unpaired) electrons. The van der Waals surface area contributed by atoms with Crippen molar-refractivity contribution in [2.75, 3.05) is 30.4 Å². The number of H-pyrrole nitrogens is 1. The number of aromatic nitrogens is 2. The quantitative estimate of drug-likeness (QED) is 0.361. The van der Waals surface area contributed by atoms with E-state index in [9.17, 15) is 4.79 Å². The fourth-order valence-corrected chi connectivity index (χ4v) is 3.93. The van der Waals surface area contributed by atoms with Crippen molar-refractivity contribution in [1.29, 1.82) is 0 Å². The van der Waals surface area contributed by atoms with E-state index >= 15 is 0 Å². The molecule has 0 fully saturated rings. The van der Waals surface area contributed by atoms with Crippen molar-refractivity contribution in [3.05, 3.63) is 83.7 Å². The number of aromatic amines is 1. The lowest BCUT2D eigenvalue weighted by Gasteiger charge is -2.21. The topological polar surface area (TPSA) is 70.2 Å². The normalized spacial score (nSPS) is 10.9. The van der Waals surface area contributed by atoms with Crippen LogP contribution < -0.4 is 15.0 Å². The number of aryl methyl sites for hydroxylation is 2. The second kappa shape index (κ2) is 10.2. The highest BCUT2D eigenvalue weighted by Crippen LogP contribution is 2.20. The summed E-state index contributed by atoms with van der Waals surface area (Å²) in [5.41, 5.74) is 5.53. The summed E-state index contributed by atoms with van der Waals surface area (Å²) in [6.45, 7) is 6.13. The molecule has 1 amide bonds. The number of methoxy groups -OCH3 is 1. The van der Waals surface area contributed by atoms with Crippen molar-refractivity contribution in [2.45, 2.75) is 26.7 Å². The zero-order valence-electron chi connectivity index (χ0n) is 19.4. The molecule has 1 heterocycles. The van der Waals surface area contributed by atoms with E-state index in [2.05, 4.69) is 46.2 Å². The number of amides is 1. The Bertz CT molecular complexity index is 1210. The molecule has 0 aliphatic heterocycles. The molecule has 33 heavy (non-hydrogen) atoms. The molecule has 3 aromatic carbocycles. The lowest BCUT2D eigenvalue weighted by molar-refractivity contribution is 0.102. The molecule has 2 N–H and O–H groups in total. The first-order valence-electron chi connectivity index (χ1n) is 11.4. The number of carbonyl (C=O) groups is 1. The van der Waals surface area contributed by atoms with Gasteiger partial charge in [-0.1, -0.05) is 12.1 Å². The number of nitrogens with one attached hydrogen (secondary N) is 2. The molecule has 0 spiro atoms. The number of rotatable bonds is 9. The third-order valence-corrected chi connectivity index (χ3v) is 5.86. The van der Waals surface area contributed by atoms with Gasteiger partial charge >= 0.3 is 0 Å². The number of nitrogens with zero attached hydrogens (tertiary/aromatic N) is 2. The maximum absolute atomic E-state index is 12.7. The Labute approximate surface area is 194 Å². The molecule has 0 atom stereocenters. The number of ether oxygens (including phenoxy) is 1. The highest BCUT2D eigenvalue weighted by Gasteiger charge is 2.10. The molecular weight excluding hydrogens is 412 g/mol. The van der Waals surface area contributed by atoms with Gasteiger partial charge in [0.15, 0.2) is 0 Å². The SMILES string of the molecule is CCN(CC)c1ccc(C(=O)Nc2ccc3nc(CCc4ccc(OC)cc4)[nH]c3c2)cc1. The molecule has 0 unspecified atom stereocenters. The molecule has 4 rings (SSSR count). The summed E-state index contributed by atoms with van der Waals surface area (Å²) in [6, 6.07) is 21.6. The summed E-state index contributed by atoms with van der Waals surface area (Å²) in [6.07, 6.45) is 1.69. The monoisotopic (exact) mass is 442 g/mol. The van der Waals surface area contributed by atoms with E-state index in [4.69, 9.17) is 4.74 Å². The standard InChI is InChI=1S/C27H30N4O2/c1-4-31(5-2)22-12-9-20(10-13-22)27(32)28-21-11-16-24-25(18-21)30-26(29-24)17-8-19-6-14-23(33-3)15-7-19/h6-7,9-16,18H,4-5,8,17H2,1-3H3,(H,28,32)(H,29,30). The minimum Gasteiger partial charge on any atom is -0.497 e. The smallest absolute Gasteiger partial charge is 0.255 e. The van der Waals surface area contributed by atoms with Crippen molar-refractivity contribution < 1.29 is 9.53 Å². The number of imidazole rings is 1. The van der Waals surface area contributed by atoms with E-state index in [-0.39, 0.29) is 5.91 Å². The third kappa shape index (κ3) is 5.34. The first-order valence-corrected chi connectivity index (χ1v) is 11.4. The zero-order chi connectivity index (χ0) is 23.2. The van der Waals surface area contributed by atoms with Crippen LogP contribution in [0.5, 0.6) is 5.75 Å². The van der Waals surface area contributed by atoms with Crippen molar-refractivity contribution in [2.24, 2.45) is 0 Å². The summed E-state index contributed by atoms with van der Waals surface area (Å²) in [5, 5.41) is 2.99. The van der Waals surface area contributed by atoms with Crippen LogP contribution in [0.3, 0.4) is 0 Å². The van der Waals surface area contributed by atoms with Crippen LogP contribution in [0.25, 0.3) is 11.0 Å². The summed E-state index contributed by atoms with van der Waals surface area (Å²) in [5.74, 6) is 1.66. The molecule has 6 heteroatoms. The highest BCUT2D eigenvalue weighted by molar-refractivity contribution is 6.05. The Balaban J connectivity index is 1.40. The van der Waals surface area contributed by atoms with Crippen molar-refractivity contribution in [1.82, 2.24) is 9.97 Å². The predicted molar refractivity (Wildman–Crippen MR) is 134 cm³/mol. The van der Waals surface area contributed by atoms with Gasteiger partial charge in [0.1, 0.15) is 11.6 Å². The summed E-state index contributed by atoms with van der Waals surface area (Å²) < 4.78 is 5.21. The molecule has 0 aliphatic carbocycles. The van der Waals surface area contributed by atoms with Crippen LogP contribution >= 0.6 is 0 Å². The largest absolute Gasteiger partial charge is 0.497 e. The van der Waals surface area contributed by atoms with Gasteiger partial charge in [0.2, 0.25) is 0 Å². The van der Waals surface area contributed by atoms with Gasteiger partial charge in [-0.25, -0.2) is 4.98 Å². The van der Waals surface area contributed by atoms with Crippen molar-refractivity contribution in [3.8, 4) is 5.75 Å². The first kappa shape index (κ1) is 22.4. The molecular formula is C27H30N4O2. The van der Waals surface area contributed by atoms with E-state index in [1.54, 1.807) is 7.11 Å². The Kier molecular flexibility index (Phi) is 6.93. The Morgan fingerprint density at radius 2 is 1.70 bits per heavy atom. The Hall–Kier alpha value is -3.80. The third-order valence-electron chi connectivity index (χ3n) is 5.86. The Morgan fingerprint density at radius 3 is 2.36 bits per heavy atom. The van der Waals surface area contributed by atoms with Gasteiger partial charge in [-0.3, -0.25) is 4.79 Å². The second-order valence-electron chi connectivity index (χ2n) is 7.94. The fourth-order valence-electron chi connectivity index (χ4n) is 3.93. The molecule has 0 aliphatic rings. The van der Waals surface area contributed by atoms with Crippen LogP contribution in [-0.4, -0.2) is 36.1 Å². The molecule has 0 saturated heterocycles. The molecule has 0 bridgehead atoms. The van der Waals surface area contributed by atoms with Gasteiger partial charge in [-0.2, -0.15) is 0 Å². The lowest BCUT2D eigenvalue weighted by atomic mass is 10.1. The number of anilines is 2. The van der Waals surface area contributed by atoms with Crippen LogP contribution in [0.1, 0.15) is 35.6 Å². The van der Waals surface area contributed by atoms with E-state index in [0.29, 0.717) is 5.56 Å². The molecule has 1 aromatic heterocycles. The number of carbonyl (C=O) groups excluding carboxylic acids is 1. The minimum absolute atomic E-state index is 0.125. The summed E-state index contributed by atoms with van der Waals surface area (Å²) in [7, 11) is 1.67. The Morgan fingerprint density at radius 1 is 0.970 bits per heavy atom. The van der Waals surface area contributed by atoms with Crippen molar-refractivity contribution in [3.63, 3.8) is 0 Å². The van der Waals surface area contributed by atoms with Crippen LogP contribution in [0, 0.1) is 0 Å². The predicted octanol–water partition coefficient (Wildman–Crippen LogP) is 5.46. The highest BCUT2D eigenvalue weighted by atomic mass is 16.5. The number of fused-ring (bicyclic) bond motifs is 1. The first-order chi connectivity index (χ1) is 16.1. The average Bonchev–Trinajstić information content (AvgIpc) is 3.26. The van der Waals surface area contributed by atoms with Gasteiger partial charge in [-0.05, 0) is 80.4 Å². The minimum atomic E-state index is -0.125. The molecule has 170 valence electrons. The van der Waals surface area contributed by atoms with E-state index < -0.39 is 0 Å². The molecule has 4 aromatic rings. The van der Waals surface area contributed by atoms with Gasteiger partial charge in [-0.15, -0.1) is 0 Å². The number of benzene rings is 3.